The van der Waals surface area contributed by atoms with Crippen molar-refractivity contribution in [3.63, 3.8) is 0 Å². The molecule has 10 heavy (non-hydrogen) atoms. The summed E-state index contributed by atoms with van der Waals surface area (Å²) in [5.41, 5.74) is -1.49. The van der Waals surface area contributed by atoms with Crippen molar-refractivity contribution < 1.29 is 10.6 Å². The van der Waals surface area contributed by atoms with E-state index in [0.29, 0.717) is 12.8 Å². The van der Waals surface area contributed by atoms with Crippen LogP contribution in [0, 0.1) is 0 Å². The van der Waals surface area contributed by atoms with Gasteiger partial charge in [0.05, 0.1) is 0 Å². The van der Waals surface area contributed by atoms with E-state index in [1.807, 2.05) is 13.8 Å². The second kappa shape index (κ2) is 3.54. The van der Waals surface area contributed by atoms with Gasteiger partial charge in [0.2, 0.25) is 0 Å². The first kappa shape index (κ1) is 9.40. The van der Waals surface area contributed by atoms with E-state index in [0.717, 1.165) is 0 Å². The van der Waals surface area contributed by atoms with Crippen LogP contribution in [0.1, 0.15) is 28.1 Å². The lowest BCUT2D eigenvalue weighted by Gasteiger charge is -1.99. The van der Waals surface area contributed by atoms with Crippen molar-refractivity contribution in [2.45, 2.75) is 32.4 Å². The summed E-state index contributed by atoms with van der Waals surface area (Å²) in [6.07, 6.45) is 0.791. The Labute approximate surface area is 62.3 Å². The summed E-state index contributed by atoms with van der Waals surface area (Å²) in [6, 6.07) is 0. The molecule has 1 aliphatic rings. The van der Waals surface area contributed by atoms with Gasteiger partial charge in [-0.2, -0.15) is 0 Å². The Morgan fingerprint density at radius 1 is 1.60 bits per heavy atom. The smallest absolute Gasteiger partial charge is 0.257 e. The van der Waals surface area contributed by atoms with Crippen LogP contribution < -0.4 is 5.32 Å². The SMILES string of the molecule is CC.CNC(=O)C1(F)CC1.[HH]. The summed E-state index contributed by atoms with van der Waals surface area (Å²) in [4.78, 5) is 10.4. The van der Waals surface area contributed by atoms with Crippen LogP contribution in [0.25, 0.3) is 0 Å². The molecule has 1 fully saturated rings. The highest BCUT2D eigenvalue weighted by Crippen LogP contribution is 2.39. The molecule has 1 amide bonds. The molecule has 1 saturated carbocycles. The van der Waals surface area contributed by atoms with Crippen molar-refractivity contribution in [1.82, 2.24) is 5.32 Å². The van der Waals surface area contributed by atoms with Gasteiger partial charge < -0.3 is 5.32 Å². The standard InChI is InChI=1S/C5H8FNO.C2H6.H2/c1-7-4(8)5(6)2-3-5;1-2;/h2-3H2,1H3,(H,7,8);1-2H3;1H. The fourth-order valence-electron chi connectivity index (χ4n) is 0.561. The van der Waals surface area contributed by atoms with E-state index in [1.165, 1.54) is 7.05 Å². The first-order chi connectivity index (χ1) is 4.69. The zero-order valence-corrected chi connectivity index (χ0v) is 6.70. The van der Waals surface area contributed by atoms with Crippen LogP contribution in [0.15, 0.2) is 0 Å². The second-order valence-electron chi connectivity index (χ2n) is 2.04. The number of alkyl halides is 1. The highest BCUT2D eigenvalue weighted by atomic mass is 19.1. The second-order valence-corrected chi connectivity index (χ2v) is 2.04. The molecule has 0 aliphatic heterocycles. The monoisotopic (exact) mass is 149 g/mol. The molecule has 0 radical (unpaired) electrons. The van der Waals surface area contributed by atoms with E-state index in [-0.39, 0.29) is 1.43 Å². The molecule has 0 saturated heterocycles. The molecule has 1 rings (SSSR count). The van der Waals surface area contributed by atoms with Crippen molar-refractivity contribution in [2.75, 3.05) is 7.05 Å². The topological polar surface area (TPSA) is 29.1 Å². The number of nitrogens with one attached hydrogen (secondary N) is 1. The van der Waals surface area contributed by atoms with Crippen molar-refractivity contribution >= 4 is 5.91 Å². The quantitative estimate of drug-likeness (QED) is 0.601. The predicted octanol–water partition coefficient (Wildman–Crippen LogP) is 1.51. The maximum absolute atomic E-state index is 12.5. The van der Waals surface area contributed by atoms with Crippen LogP contribution in [-0.2, 0) is 4.79 Å². The molecule has 0 heterocycles. The molecule has 1 aliphatic carbocycles. The lowest BCUT2D eigenvalue weighted by Crippen LogP contribution is -2.29. The third-order valence-corrected chi connectivity index (χ3v) is 1.32. The van der Waals surface area contributed by atoms with Gasteiger partial charge in [-0.15, -0.1) is 0 Å². The summed E-state index contributed by atoms with van der Waals surface area (Å²) in [5, 5.41) is 2.25. The minimum atomic E-state index is -1.49. The van der Waals surface area contributed by atoms with E-state index in [4.69, 9.17) is 0 Å². The first-order valence-corrected chi connectivity index (χ1v) is 3.60. The van der Waals surface area contributed by atoms with E-state index in [9.17, 15) is 9.18 Å². The van der Waals surface area contributed by atoms with Crippen molar-refractivity contribution in [3.8, 4) is 0 Å². The van der Waals surface area contributed by atoms with E-state index in [1.54, 1.807) is 0 Å². The average molecular weight is 149 g/mol. The normalized spacial score (nSPS) is 18.4. The third-order valence-electron chi connectivity index (χ3n) is 1.32. The van der Waals surface area contributed by atoms with Gasteiger partial charge in [-0.25, -0.2) is 4.39 Å². The largest absolute Gasteiger partial charge is 0.356 e. The molecule has 2 nitrogen and oxygen atoms in total. The highest BCUT2D eigenvalue weighted by molar-refractivity contribution is 5.87. The van der Waals surface area contributed by atoms with Gasteiger partial charge in [0.25, 0.3) is 5.91 Å². The van der Waals surface area contributed by atoms with Gasteiger partial charge in [-0.05, 0) is 12.8 Å². The molecule has 62 valence electrons. The van der Waals surface area contributed by atoms with Crippen LogP contribution in [0.4, 0.5) is 4.39 Å². The molecular formula is C7H16FNO. The first-order valence-electron chi connectivity index (χ1n) is 3.60. The lowest BCUT2D eigenvalue weighted by atomic mass is 10.3. The number of halogens is 1. The van der Waals surface area contributed by atoms with Gasteiger partial charge in [-0.1, -0.05) is 13.8 Å². The molecule has 0 spiro atoms. The van der Waals surface area contributed by atoms with Crippen LogP contribution in [0.2, 0.25) is 0 Å². The van der Waals surface area contributed by atoms with E-state index >= 15 is 0 Å². The number of amides is 1. The average Bonchev–Trinajstić information content (AvgIpc) is 2.72. The van der Waals surface area contributed by atoms with E-state index in [2.05, 4.69) is 5.32 Å². The Balaban J connectivity index is 0. The number of carbonyl (C=O) groups is 1. The molecular weight excluding hydrogens is 133 g/mol. The minimum Gasteiger partial charge on any atom is -0.356 e. The van der Waals surface area contributed by atoms with Gasteiger partial charge in [0, 0.05) is 8.47 Å². The van der Waals surface area contributed by atoms with Crippen molar-refractivity contribution in [1.29, 1.82) is 0 Å². The van der Waals surface area contributed by atoms with Crippen LogP contribution in [0.3, 0.4) is 0 Å². The fourth-order valence-corrected chi connectivity index (χ4v) is 0.561. The Morgan fingerprint density at radius 3 is 2.10 bits per heavy atom. The Kier molecular flexibility index (Phi) is 3.33. The number of rotatable bonds is 1. The molecule has 0 bridgehead atoms. The maximum Gasteiger partial charge on any atom is 0.257 e. The van der Waals surface area contributed by atoms with Crippen molar-refractivity contribution in [3.05, 3.63) is 0 Å². The number of carbonyl (C=O) groups excluding carboxylic acids is 1. The maximum atomic E-state index is 12.5. The summed E-state index contributed by atoms with van der Waals surface area (Å²) >= 11 is 0. The molecule has 0 aromatic rings. The summed E-state index contributed by atoms with van der Waals surface area (Å²) in [6.45, 7) is 4.00. The van der Waals surface area contributed by atoms with Gasteiger partial charge in [0.15, 0.2) is 5.67 Å². The summed E-state index contributed by atoms with van der Waals surface area (Å²) in [7, 11) is 1.45. The van der Waals surface area contributed by atoms with Crippen LogP contribution in [0.5, 0.6) is 0 Å². The fraction of sp³-hybridized carbons (Fsp3) is 0.857. The van der Waals surface area contributed by atoms with Crippen LogP contribution in [-0.4, -0.2) is 18.6 Å². The Hall–Kier alpha value is -0.600. The number of hydrogen-bond acceptors (Lipinski definition) is 1. The van der Waals surface area contributed by atoms with Crippen molar-refractivity contribution in [2.24, 2.45) is 0 Å². The van der Waals surface area contributed by atoms with Gasteiger partial charge >= 0.3 is 0 Å². The van der Waals surface area contributed by atoms with Crippen LogP contribution >= 0.6 is 0 Å². The lowest BCUT2D eigenvalue weighted by molar-refractivity contribution is -0.126. The third kappa shape index (κ3) is 1.97. The van der Waals surface area contributed by atoms with Gasteiger partial charge in [-0.3, -0.25) is 4.79 Å². The zero-order chi connectivity index (χ0) is 8.20. The Morgan fingerprint density at radius 2 is 2.00 bits per heavy atom. The molecule has 0 aromatic heterocycles. The highest BCUT2D eigenvalue weighted by Gasteiger charge is 2.50. The molecule has 0 unspecified atom stereocenters. The number of hydrogen-bond donors (Lipinski definition) is 1. The molecule has 0 atom stereocenters. The molecule has 3 heteroatoms. The molecule has 0 aromatic carbocycles. The zero-order valence-electron chi connectivity index (χ0n) is 6.70. The van der Waals surface area contributed by atoms with E-state index < -0.39 is 11.6 Å². The van der Waals surface area contributed by atoms with Gasteiger partial charge in [0.1, 0.15) is 0 Å². The predicted molar refractivity (Wildman–Crippen MR) is 40.6 cm³/mol. The Bertz CT molecular complexity index is 126. The molecule has 1 N–H and O–H groups in total. The summed E-state index contributed by atoms with van der Waals surface area (Å²) in [5.74, 6) is -0.475. The summed E-state index contributed by atoms with van der Waals surface area (Å²) < 4.78 is 12.5. The minimum absolute atomic E-state index is 0.